The van der Waals surface area contributed by atoms with Crippen molar-refractivity contribution >= 4 is 11.8 Å². The van der Waals surface area contributed by atoms with E-state index in [1.54, 1.807) is 18.2 Å². The van der Waals surface area contributed by atoms with Crippen molar-refractivity contribution in [1.29, 1.82) is 0 Å². The number of carbonyl (C=O) groups is 2. The molecule has 0 aromatic heterocycles. The van der Waals surface area contributed by atoms with Crippen LogP contribution in [0.4, 0.5) is 4.39 Å². The summed E-state index contributed by atoms with van der Waals surface area (Å²) in [5.41, 5.74) is 2.10. The molecule has 4 heteroatoms. The van der Waals surface area contributed by atoms with Gasteiger partial charge < -0.3 is 5.11 Å². The van der Waals surface area contributed by atoms with Gasteiger partial charge in [-0.05, 0) is 31.0 Å². The number of carboxylic acids is 1. The van der Waals surface area contributed by atoms with Crippen LogP contribution in [0.1, 0.15) is 27.9 Å². The van der Waals surface area contributed by atoms with Crippen LogP contribution in [0.2, 0.25) is 0 Å². The second kappa shape index (κ2) is 6.98. The molecule has 0 aliphatic rings. The third-order valence-corrected chi connectivity index (χ3v) is 3.53. The summed E-state index contributed by atoms with van der Waals surface area (Å²) in [6, 6.07) is 12.8. The summed E-state index contributed by atoms with van der Waals surface area (Å²) in [6.45, 7) is 1.91. The molecular weight excluding hydrogens is 283 g/mol. The number of hydrogen-bond acceptors (Lipinski definition) is 2. The van der Waals surface area contributed by atoms with Gasteiger partial charge in [-0.2, -0.15) is 0 Å². The fourth-order valence-electron chi connectivity index (χ4n) is 2.28. The van der Waals surface area contributed by atoms with E-state index in [0.29, 0.717) is 11.1 Å². The van der Waals surface area contributed by atoms with E-state index in [0.717, 1.165) is 5.56 Å². The highest BCUT2D eigenvalue weighted by Gasteiger charge is 2.22. The molecule has 1 atom stereocenters. The van der Waals surface area contributed by atoms with Crippen LogP contribution in [0.25, 0.3) is 0 Å². The van der Waals surface area contributed by atoms with Crippen molar-refractivity contribution < 1.29 is 19.1 Å². The summed E-state index contributed by atoms with van der Waals surface area (Å²) < 4.78 is 13.2. The van der Waals surface area contributed by atoms with Gasteiger partial charge in [0.2, 0.25) is 0 Å². The molecule has 0 bridgehead atoms. The van der Waals surface area contributed by atoms with Crippen LogP contribution in [-0.4, -0.2) is 16.9 Å². The van der Waals surface area contributed by atoms with E-state index in [9.17, 15) is 19.1 Å². The van der Waals surface area contributed by atoms with Crippen LogP contribution < -0.4 is 0 Å². The molecule has 0 aliphatic heterocycles. The Morgan fingerprint density at radius 3 is 2.41 bits per heavy atom. The molecule has 1 N–H and O–H groups in total. The van der Waals surface area contributed by atoms with Crippen LogP contribution in [0.15, 0.2) is 48.5 Å². The molecular formula is C18H17FO3. The van der Waals surface area contributed by atoms with Crippen molar-refractivity contribution in [2.24, 2.45) is 5.92 Å². The van der Waals surface area contributed by atoms with E-state index in [-0.39, 0.29) is 18.6 Å². The molecule has 0 spiro atoms. The van der Waals surface area contributed by atoms with Crippen molar-refractivity contribution in [3.63, 3.8) is 0 Å². The molecule has 0 fully saturated rings. The van der Waals surface area contributed by atoms with Gasteiger partial charge >= 0.3 is 5.97 Å². The molecule has 22 heavy (non-hydrogen) atoms. The summed E-state index contributed by atoms with van der Waals surface area (Å²) in [7, 11) is 0. The van der Waals surface area contributed by atoms with Gasteiger partial charge in [0, 0.05) is 12.0 Å². The summed E-state index contributed by atoms with van der Waals surface area (Å²) in [6.07, 6.45) is 0.0274. The van der Waals surface area contributed by atoms with Crippen LogP contribution in [0.3, 0.4) is 0 Å². The number of carbonyl (C=O) groups excluding carboxylic acids is 1. The summed E-state index contributed by atoms with van der Waals surface area (Å²) >= 11 is 0. The number of benzene rings is 2. The normalized spacial score (nSPS) is 11.9. The first-order valence-corrected chi connectivity index (χ1v) is 7.03. The summed E-state index contributed by atoms with van der Waals surface area (Å²) in [4.78, 5) is 23.6. The van der Waals surface area contributed by atoms with Crippen molar-refractivity contribution in [2.45, 2.75) is 19.8 Å². The van der Waals surface area contributed by atoms with Gasteiger partial charge in [0.05, 0.1) is 5.92 Å². The highest BCUT2D eigenvalue weighted by molar-refractivity contribution is 5.98. The number of rotatable bonds is 6. The van der Waals surface area contributed by atoms with Crippen molar-refractivity contribution in [3.8, 4) is 0 Å². The average Bonchev–Trinajstić information content (AvgIpc) is 2.47. The SMILES string of the molecule is Cc1ccc(C(=O)CC(Cc2cccc(F)c2)C(=O)O)cc1. The lowest BCUT2D eigenvalue weighted by molar-refractivity contribution is -0.141. The minimum Gasteiger partial charge on any atom is -0.481 e. The molecule has 0 saturated carbocycles. The van der Waals surface area contributed by atoms with Gasteiger partial charge in [-0.3, -0.25) is 9.59 Å². The third kappa shape index (κ3) is 4.25. The summed E-state index contributed by atoms with van der Waals surface area (Å²) in [5, 5.41) is 9.30. The topological polar surface area (TPSA) is 54.4 Å². The highest BCUT2D eigenvalue weighted by Crippen LogP contribution is 2.17. The maximum atomic E-state index is 13.2. The zero-order valence-electron chi connectivity index (χ0n) is 12.3. The van der Waals surface area contributed by atoms with Gasteiger partial charge in [0.25, 0.3) is 0 Å². The molecule has 2 rings (SSSR count). The predicted molar refractivity (Wildman–Crippen MR) is 81.4 cm³/mol. The van der Waals surface area contributed by atoms with Crippen molar-refractivity contribution in [1.82, 2.24) is 0 Å². The molecule has 1 unspecified atom stereocenters. The van der Waals surface area contributed by atoms with Gasteiger partial charge in [-0.15, -0.1) is 0 Å². The molecule has 0 amide bonds. The first-order chi connectivity index (χ1) is 10.5. The minimum atomic E-state index is -1.05. The maximum absolute atomic E-state index is 13.2. The van der Waals surface area contributed by atoms with Gasteiger partial charge in [0.15, 0.2) is 5.78 Å². The van der Waals surface area contributed by atoms with E-state index in [4.69, 9.17) is 0 Å². The number of ketones is 1. The van der Waals surface area contributed by atoms with Gasteiger partial charge in [-0.25, -0.2) is 4.39 Å². The van der Waals surface area contributed by atoms with E-state index in [1.165, 1.54) is 18.2 Å². The number of halogens is 1. The number of aliphatic carboxylic acids is 1. The van der Waals surface area contributed by atoms with E-state index >= 15 is 0 Å². The Bertz CT molecular complexity index is 677. The van der Waals surface area contributed by atoms with Crippen LogP contribution in [-0.2, 0) is 11.2 Å². The Labute approximate surface area is 128 Å². The Balaban J connectivity index is 2.10. The van der Waals surface area contributed by atoms with Crippen LogP contribution in [0, 0.1) is 18.7 Å². The van der Waals surface area contributed by atoms with Crippen molar-refractivity contribution in [2.75, 3.05) is 0 Å². The Hall–Kier alpha value is -2.49. The van der Waals surface area contributed by atoms with Gasteiger partial charge in [0.1, 0.15) is 5.82 Å². The Morgan fingerprint density at radius 1 is 1.14 bits per heavy atom. The minimum absolute atomic E-state index is 0.102. The first kappa shape index (κ1) is 15.9. The fraction of sp³-hybridized carbons (Fsp3) is 0.222. The molecule has 0 saturated heterocycles. The zero-order chi connectivity index (χ0) is 16.1. The molecule has 0 heterocycles. The number of hydrogen-bond donors (Lipinski definition) is 1. The fourth-order valence-corrected chi connectivity index (χ4v) is 2.28. The lowest BCUT2D eigenvalue weighted by Gasteiger charge is -2.12. The van der Waals surface area contributed by atoms with Crippen molar-refractivity contribution in [3.05, 3.63) is 71.0 Å². The first-order valence-electron chi connectivity index (χ1n) is 7.03. The maximum Gasteiger partial charge on any atom is 0.307 e. The van der Waals surface area contributed by atoms with E-state index in [1.807, 2.05) is 19.1 Å². The average molecular weight is 300 g/mol. The zero-order valence-corrected chi connectivity index (χ0v) is 12.3. The number of Topliss-reactive ketones (excluding diaryl/α,β-unsaturated/α-hetero) is 1. The molecule has 0 radical (unpaired) electrons. The van der Waals surface area contributed by atoms with E-state index in [2.05, 4.69) is 0 Å². The predicted octanol–water partition coefficient (Wildman–Crippen LogP) is 3.65. The van der Waals surface area contributed by atoms with E-state index < -0.39 is 17.7 Å². The lowest BCUT2D eigenvalue weighted by atomic mass is 9.92. The second-order valence-corrected chi connectivity index (χ2v) is 5.36. The summed E-state index contributed by atoms with van der Waals surface area (Å²) in [5.74, 6) is -2.55. The number of aryl methyl sites for hydroxylation is 1. The Kier molecular flexibility index (Phi) is 5.04. The third-order valence-electron chi connectivity index (χ3n) is 3.53. The smallest absolute Gasteiger partial charge is 0.307 e. The van der Waals surface area contributed by atoms with Crippen LogP contribution >= 0.6 is 0 Å². The standard InChI is InChI=1S/C18H17FO3/c1-12-5-7-14(8-6-12)17(20)11-15(18(21)22)9-13-3-2-4-16(19)10-13/h2-8,10,15H,9,11H2,1H3,(H,21,22). The molecule has 0 aliphatic carbocycles. The molecule has 2 aromatic rings. The quantitative estimate of drug-likeness (QED) is 0.828. The Morgan fingerprint density at radius 2 is 1.82 bits per heavy atom. The monoisotopic (exact) mass is 300 g/mol. The van der Waals surface area contributed by atoms with Gasteiger partial charge in [-0.1, -0.05) is 42.0 Å². The van der Waals surface area contributed by atoms with Crippen LogP contribution in [0.5, 0.6) is 0 Å². The second-order valence-electron chi connectivity index (χ2n) is 5.36. The molecule has 3 nitrogen and oxygen atoms in total. The molecule has 2 aromatic carbocycles. The molecule has 114 valence electrons. The number of carboxylic acid groups (broad SMARTS) is 1. The largest absolute Gasteiger partial charge is 0.481 e. The lowest BCUT2D eigenvalue weighted by Crippen LogP contribution is -2.20. The highest BCUT2D eigenvalue weighted by atomic mass is 19.1.